The Morgan fingerprint density at radius 3 is 2.71 bits per heavy atom. The van der Waals surface area contributed by atoms with Crippen LogP contribution in [0.5, 0.6) is 5.75 Å². The van der Waals surface area contributed by atoms with Crippen LogP contribution in [0.25, 0.3) is 0 Å². The third-order valence-electron chi connectivity index (χ3n) is 5.28. The summed E-state index contributed by atoms with van der Waals surface area (Å²) in [5.41, 5.74) is 3.02. The van der Waals surface area contributed by atoms with Gasteiger partial charge in [-0.1, -0.05) is 12.1 Å². The quantitative estimate of drug-likeness (QED) is 0.859. The van der Waals surface area contributed by atoms with Crippen LogP contribution in [-0.4, -0.2) is 54.5 Å². The second kappa shape index (κ2) is 6.18. The molecule has 126 valence electrons. The molecule has 2 aliphatic heterocycles. The van der Waals surface area contributed by atoms with Crippen molar-refractivity contribution in [2.45, 2.75) is 6.04 Å². The van der Waals surface area contributed by atoms with Gasteiger partial charge in [-0.25, -0.2) is 0 Å². The van der Waals surface area contributed by atoms with Crippen LogP contribution in [0.2, 0.25) is 0 Å². The van der Waals surface area contributed by atoms with E-state index in [-0.39, 0.29) is 5.91 Å². The summed E-state index contributed by atoms with van der Waals surface area (Å²) in [5, 5.41) is 0. The first-order valence-electron chi connectivity index (χ1n) is 8.19. The Morgan fingerprint density at radius 1 is 1.25 bits per heavy atom. The molecule has 3 heterocycles. The largest absolute Gasteiger partial charge is 0.497 e. The molecule has 1 aromatic heterocycles. The molecule has 0 unspecified atom stereocenters. The summed E-state index contributed by atoms with van der Waals surface area (Å²) in [6.07, 6.45) is 1.67. The lowest BCUT2D eigenvalue weighted by molar-refractivity contribution is 0.0772. The molecule has 0 N–H and O–H groups in total. The standard InChI is InChI=1S/C18H21N3O2S/c1-20-8-13-9-21(18(22)16-7-19-11-24-16)10-15(13)17(20)12-3-5-14(23-2)6-4-12/h3-7,11,13,15,17H,8-10H2,1-2H3/t13-,15+,17-/m0/s1. The van der Waals surface area contributed by atoms with Gasteiger partial charge in [-0.15, -0.1) is 11.3 Å². The molecule has 0 saturated carbocycles. The van der Waals surface area contributed by atoms with Gasteiger partial charge >= 0.3 is 0 Å². The SMILES string of the molecule is COc1ccc([C@H]2[C@@H]3CN(C(=O)c4cncs4)C[C@@H]3CN2C)cc1. The first kappa shape index (κ1) is 15.6. The molecule has 4 rings (SSSR count). The van der Waals surface area contributed by atoms with Gasteiger partial charge in [0.05, 0.1) is 18.8 Å². The van der Waals surface area contributed by atoms with Crippen molar-refractivity contribution in [3.05, 3.63) is 46.4 Å². The van der Waals surface area contributed by atoms with Crippen LogP contribution in [0.4, 0.5) is 0 Å². The number of thiazole rings is 1. The van der Waals surface area contributed by atoms with Crippen molar-refractivity contribution in [3.63, 3.8) is 0 Å². The lowest BCUT2D eigenvalue weighted by atomic mass is 9.89. The summed E-state index contributed by atoms with van der Waals surface area (Å²) < 4.78 is 5.26. The molecule has 6 heteroatoms. The molecule has 3 atom stereocenters. The first-order valence-corrected chi connectivity index (χ1v) is 9.07. The molecule has 2 aromatic rings. The van der Waals surface area contributed by atoms with Gasteiger partial charge < -0.3 is 9.64 Å². The normalized spacial score (nSPS) is 26.6. The fraction of sp³-hybridized carbons (Fsp3) is 0.444. The van der Waals surface area contributed by atoms with Crippen LogP contribution >= 0.6 is 11.3 Å². The highest BCUT2D eigenvalue weighted by atomic mass is 32.1. The molecular formula is C18H21N3O2S. The Kier molecular flexibility index (Phi) is 4.02. The highest BCUT2D eigenvalue weighted by Gasteiger charge is 2.47. The van der Waals surface area contributed by atoms with E-state index in [4.69, 9.17) is 4.74 Å². The summed E-state index contributed by atoms with van der Waals surface area (Å²) in [5.74, 6) is 2.03. The topological polar surface area (TPSA) is 45.7 Å². The smallest absolute Gasteiger partial charge is 0.265 e. The fourth-order valence-corrected chi connectivity index (χ4v) is 4.79. The van der Waals surface area contributed by atoms with E-state index in [0.29, 0.717) is 17.9 Å². The molecule has 0 spiro atoms. The van der Waals surface area contributed by atoms with E-state index < -0.39 is 0 Å². The average Bonchev–Trinajstić information content (AvgIpc) is 3.30. The number of carbonyl (C=O) groups is 1. The van der Waals surface area contributed by atoms with Gasteiger partial charge in [-0.3, -0.25) is 14.7 Å². The number of nitrogens with zero attached hydrogens (tertiary/aromatic N) is 3. The number of benzene rings is 1. The van der Waals surface area contributed by atoms with Crippen molar-refractivity contribution in [1.29, 1.82) is 0 Å². The number of hydrogen-bond acceptors (Lipinski definition) is 5. The van der Waals surface area contributed by atoms with Gasteiger partial charge in [-0.05, 0) is 30.7 Å². The lowest BCUT2D eigenvalue weighted by Gasteiger charge is -2.26. The maximum atomic E-state index is 12.6. The molecule has 0 bridgehead atoms. The lowest BCUT2D eigenvalue weighted by Crippen LogP contribution is -2.33. The second-order valence-electron chi connectivity index (χ2n) is 6.66. The Balaban J connectivity index is 1.54. The van der Waals surface area contributed by atoms with Crippen LogP contribution in [0.15, 0.2) is 36.0 Å². The van der Waals surface area contributed by atoms with Gasteiger partial charge in [0.15, 0.2) is 0 Å². The minimum Gasteiger partial charge on any atom is -0.497 e. The van der Waals surface area contributed by atoms with Crippen LogP contribution in [0, 0.1) is 11.8 Å². The molecule has 1 amide bonds. The maximum absolute atomic E-state index is 12.6. The zero-order valence-corrected chi connectivity index (χ0v) is 14.7. The molecule has 2 saturated heterocycles. The number of methoxy groups -OCH3 is 1. The van der Waals surface area contributed by atoms with Crippen LogP contribution in [0.1, 0.15) is 21.3 Å². The number of fused-ring (bicyclic) bond motifs is 1. The second-order valence-corrected chi connectivity index (χ2v) is 7.54. The predicted octanol–water partition coefficient (Wildman–Crippen LogP) is 2.53. The van der Waals surface area contributed by atoms with Gasteiger partial charge in [0.2, 0.25) is 0 Å². The molecule has 0 aliphatic carbocycles. The molecule has 5 nitrogen and oxygen atoms in total. The number of ether oxygens (including phenoxy) is 1. The predicted molar refractivity (Wildman–Crippen MR) is 93.4 cm³/mol. The third kappa shape index (κ3) is 2.59. The Morgan fingerprint density at radius 2 is 2.04 bits per heavy atom. The Hall–Kier alpha value is -1.92. The average molecular weight is 343 g/mol. The highest BCUT2D eigenvalue weighted by molar-refractivity contribution is 7.11. The van der Waals surface area contributed by atoms with Crippen molar-refractivity contribution in [2.75, 3.05) is 33.8 Å². The summed E-state index contributed by atoms with van der Waals surface area (Å²) in [7, 11) is 3.87. The Labute approximate surface area is 145 Å². The number of rotatable bonds is 3. The molecule has 24 heavy (non-hydrogen) atoms. The zero-order chi connectivity index (χ0) is 16.7. The van der Waals surface area contributed by atoms with E-state index in [1.165, 1.54) is 16.9 Å². The monoisotopic (exact) mass is 343 g/mol. The van der Waals surface area contributed by atoms with Crippen molar-refractivity contribution in [1.82, 2.24) is 14.8 Å². The number of aromatic nitrogens is 1. The van der Waals surface area contributed by atoms with Crippen LogP contribution in [0.3, 0.4) is 0 Å². The summed E-state index contributed by atoms with van der Waals surface area (Å²) in [4.78, 5) is 21.8. The molecule has 0 radical (unpaired) electrons. The number of carbonyl (C=O) groups excluding carboxylic acids is 1. The highest BCUT2D eigenvalue weighted by Crippen LogP contribution is 2.44. The summed E-state index contributed by atoms with van der Waals surface area (Å²) in [6.45, 7) is 2.70. The first-order chi connectivity index (χ1) is 11.7. The van der Waals surface area contributed by atoms with E-state index in [1.807, 2.05) is 17.0 Å². The summed E-state index contributed by atoms with van der Waals surface area (Å²) >= 11 is 1.42. The Bertz CT molecular complexity index is 716. The molecule has 2 aliphatic rings. The van der Waals surface area contributed by atoms with Gasteiger partial charge in [0, 0.05) is 31.6 Å². The van der Waals surface area contributed by atoms with Gasteiger partial charge in [-0.2, -0.15) is 0 Å². The van der Waals surface area contributed by atoms with Gasteiger partial charge in [0.1, 0.15) is 10.6 Å². The number of amides is 1. The number of hydrogen-bond donors (Lipinski definition) is 0. The van der Waals surface area contributed by atoms with Gasteiger partial charge in [0.25, 0.3) is 5.91 Å². The van der Waals surface area contributed by atoms with Crippen LogP contribution in [-0.2, 0) is 0 Å². The van der Waals surface area contributed by atoms with E-state index >= 15 is 0 Å². The van der Waals surface area contributed by atoms with Crippen LogP contribution < -0.4 is 4.74 Å². The zero-order valence-electron chi connectivity index (χ0n) is 13.9. The van der Waals surface area contributed by atoms with Crippen molar-refractivity contribution in [3.8, 4) is 5.75 Å². The fourth-order valence-electron chi connectivity index (χ4n) is 4.20. The van der Waals surface area contributed by atoms with Crippen molar-refractivity contribution < 1.29 is 9.53 Å². The molecule has 1 aromatic carbocycles. The van der Waals surface area contributed by atoms with E-state index in [9.17, 15) is 4.79 Å². The molecule has 2 fully saturated rings. The number of likely N-dealkylation sites (tertiary alicyclic amines) is 2. The minimum absolute atomic E-state index is 0.128. The van der Waals surface area contributed by atoms with Crippen molar-refractivity contribution >= 4 is 17.2 Å². The third-order valence-corrected chi connectivity index (χ3v) is 6.04. The van der Waals surface area contributed by atoms with E-state index in [1.54, 1.807) is 18.8 Å². The maximum Gasteiger partial charge on any atom is 0.265 e. The van der Waals surface area contributed by atoms with E-state index in [2.05, 4.69) is 29.1 Å². The summed E-state index contributed by atoms with van der Waals surface area (Å²) in [6, 6.07) is 8.70. The van der Waals surface area contributed by atoms with E-state index in [0.717, 1.165) is 30.3 Å². The van der Waals surface area contributed by atoms with Crippen molar-refractivity contribution in [2.24, 2.45) is 11.8 Å². The molecular weight excluding hydrogens is 322 g/mol. The minimum atomic E-state index is 0.128.